The molecule has 122 valence electrons. The van der Waals surface area contributed by atoms with Gasteiger partial charge in [0.1, 0.15) is 0 Å². The van der Waals surface area contributed by atoms with Gasteiger partial charge in [-0.15, -0.1) is 0 Å². The quantitative estimate of drug-likeness (QED) is 0.795. The van der Waals surface area contributed by atoms with E-state index >= 15 is 0 Å². The molecule has 2 aromatic rings. The van der Waals surface area contributed by atoms with Crippen molar-refractivity contribution in [2.45, 2.75) is 32.4 Å². The number of rotatable bonds is 5. The summed E-state index contributed by atoms with van der Waals surface area (Å²) < 4.78 is 38.8. The summed E-state index contributed by atoms with van der Waals surface area (Å²) in [7, 11) is 0. The smallest absolute Gasteiger partial charge is 0.322 e. The molecule has 0 fully saturated rings. The van der Waals surface area contributed by atoms with E-state index in [-0.39, 0.29) is 5.56 Å². The van der Waals surface area contributed by atoms with Gasteiger partial charge in [0, 0.05) is 5.69 Å². The van der Waals surface area contributed by atoms with Crippen molar-refractivity contribution < 1.29 is 18.0 Å². The van der Waals surface area contributed by atoms with Gasteiger partial charge in [-0.3, -0.25) is 4.79 Å². The number of unbranched alkanes of at least 4 members (excludes halogenated alkanes) is 1. The molecule has 0 bridgehead atoms. The molecule has 0 saturated heterocycles. The van der Waals surface area contributed by atoms with Crippen LogP contribution in [0.4, 0.5) is 18.9 Å². The van der Waals surface area contributed by atoms with Gasteiger partial charge < -0.3 is 5.32 Å². The van der Waals surface area contributed by atoms with Crippen molar-refractivity contribution in [2.75, 3.05) is 5.32 Å². The van der Waals surface area contributed by atoms with Crippen molar-refractivity contribution in [1.29, 1.82) is 0 Å². The molecule has 0 aromatic heterocycles. The largest absolute Gasteiger partial charge is 0.417 e. The Balaban J connectivity index is 2.14. The molecular formula is C18H18F3NO. The zero-order chi connectivity index (χ0) is 16.9. The lowest BCUT2D eigenvalue weighted by molar-refractivity contribution is -0.137. The van der Waals surface area contributed by atoms with Crippen molar-refractivity contribution >= 4 is 11.6 Å². The Bertz CT molecular complexity index is 663. The van der Waals surface area contributed by atoms with Gasteiger partial charge in [-0.2, -0.15) is 13.2 Å². The van der Waals surface area contributed by atoms with Crippen LogP contribution >= 0.6 is 0 Å². The fourth-order valence-electron chi connectivity index (χ4n) is 2.26. The van der Waals surface area contributed by atoms with Crippen LogP contribution in [0.2, 0.25) is 0 Å². The van der Waals surface area contributed by atoms with Crippen molar-refractivity contribution in [1.82, 2.24) is 0 Å². The molecule has 2 nitrogen and oxygen atoms in total. The number of hydrogen-bond donors (Lipinski definition) is 1. The van der Waals surface area contributed by atoms with Crippen molar-refractivity contribution in [3.8, 4) is 0 Å². The monoisotopic (exact) mass is 321 g/mol. The number of carbonyl (C=O) groups is 1. The number of amides is 1. The summed E-state index contributed by atoms with van der Waals surface area (Å²) in [6, 6.07) is 11.9. The number of anilines is 1. The van der Waals surface area contributed by atoms with Crippen LogP contribution in [-0.4, -0.2) is 5.91 Å². The number of benzene rings is 2. The Morgan fingerprint density at radius 2 is 1.70 bits per heavy atom. The second kappa shape index (κ2) is 7.31. The average molecular weight is 321 g/mol. The number of halogens is 3. The van der Waals surface area contributed by atoms with Crippen molar-refractivity contribution in [3.63, 3.8) is 0 Å². The van der Waals surface area contributed by atoms with E-state index in [2.05, 4.69) is 12.2 Å². The maximum atomic E-state index is 12.9. The van der Waals surface area contributed by atoms with E-state index in [1.54, 1.807) is 12.1 Å². The average Bonchev–Trinajstić information content (AvgIpc) is 2.53. The molecule has 1 amide bonds. The lowest BCUT2D eigenvalue weighted by Gasteiger charge is -2.13. The summed E-state index contributed by atoms with van der Waals surface area (Å²) in [5.74, 6) is -0.765. The van der Waals surface area contributed by atoms with Crippen LogP contribution in [0, 0.1) is 0 Å². The SMILES string of the molecule is CCCCc1ccc(NC(=O)c2ccccc2C(F)(F)F)cc1. The third kappa shape index (κ3) is 4.58. The van der Waals surface area contributed by atoms with Crippen molar-refractivity contribution in [2.24, 2.45) is 0 Å². The number of nitrogens with one attached hydrogen (secondary N) is 1. The van der Waals surface area contributed by atoms with Gasteiger partial charge in [-0.25, -0.2) is 0 Å². The van der Waals surface area contributed by atoms with E-state index in [4.69, 9.17) is 0 Å². The Morgan fingerprint density at radius 3 is 2.30 bits per heavy atom. The van der Waals surface area contributed by atoms with E-state index in [9.17, 15) is 18.0 Å². The molecule has 5 heteroatoms. The van der Waals surface area contributed by atoms with Crippen LogP contribution < -0.4 is 5.32 Å². The minimum Gasteiger partial charge on any atom is -0.322 e. The molecule has 23 heavy (non-hydrogen) atoms. The molecule has 0 saturated carbocycles. The highest BCUT2D eigenvalue weighted by Gasteiger charge is 2.34. The van der Waals surface area contributed by atoms with Gasteiger partial charge in [-0.05, 0) is 42.7 Å². The minimum atomic E-state index is -4.56. The van der Waals surface area contributed by atoms with Crippen LogP contribution in [0.5, 0.6) is 0 Å². The Kier molecular flexibility index (Phi) is 5.42. The zero-order valence-electron chi connectivity index (χ0n) is 12.8. The van der Waals surface area contributed by atoms with Crippen LogP contribution in [0.15, 0.2) is 48.5 Å². The molecule has 0 radical (unpaired) electrons. The fourth-order valence-corrected chi connectivity index (χ4v) is 2.26. The number of carbonyl (C=O) groups excluding carboxylic acids is 1. The Labute approximate surface area is 133 Å². The van der Waals surface area contributed by atoms with Gasteiger partial charge >= 0.3 is 6.18 Å². The second-order valence-corrected chi connectivity index (χ2v) is 5.30. The van der Waals surface area contributed by atoms with E-state index in [0.29, 0.717) is 5.69 Å². The standard InChI is InChI=1S/C18H18F3NO/c1-2-3-6-13-9-11-14(12-10-13)22-17(23)15-7-4-5-8-16(15)18(19,20)21/h4-5,7-12H,2-3,6H2,1H3,(H,22,23). The topological polar surface area (TPSA) is 29.1 Å². The maximum Gasteiger partial charge on any atom is 0.417 e. The predicted molar refractivity (Wildman–Crippen MR) is 84.5 cm³/mol. The molecule has 0 aliphatic heterocycles. The number of alkyl halides is 3. The maximum absolute atomic E-state index is 12.9. The number of aryl methyl sites for hydroxylation is 1. The first kappa shape index (κ1) is 17.1. The summed E-state index contributed by atoms with van der Waals surface area (Å²) in [5.41, 5.74) is 0.305. The van der Waals surface area contributed by atoms with Crippen LogP contribution in [0.25, 0.3) is 0 Å². The normalized spacial score (nSPS) is 11.3. The third-order valence-electron chi connectivity index (χ3n) is 3.51. The molecule has 0 atom stereocenters. The van der Waals surface area contributed by atoms with Gasteiger partial charge in [-0.1, -0.05) is 37.6 Å². The first-order valence-electron chi connectivity index (χ1n) is 7.48. The second-order valence-electron chi connectivity index (χ2n) is 5.30. The summed E-state index contributed by atoms with van der Waals surface area (Å²) >= 11 is 0. The summed E-state index contributed by atoms with van der Waals surface area (Å²) in [6.07, 6.45) is -1.45. The fraction of sp³-hybridized carbons (Fsp3) is 0.278. The van der Waals surface area contributed by atoms with Gasteiger partial charge in [0.15, 0.2) is 0 Å². The summed E-state index contributed by atoms with van der Waals surface area (Å²) in [4.78, 5) is 12.1. The molecule has 0 aliphatic carbocycles. The van der Waals surface area contributed by atoms with Gasteiger partial charge in [0.25, 0.3) is 5.91 Å². The molecule has 0 unspecified atom stereocenters. The highest BCUT2D eigenvalue weighted by atomic mass is 19.4. The Morgan fingerprint density at radius 1 is 1.04 bits per heavy atom. The molecular weight excluding hydrogens is 303 g/mol. The molecule has 2 rings (SSSR count). The molecule has 0 heterocycles. The highest BCUT2D eigenvalue weighted by molar-refractivity contribution is 6.05. The molecule has 1 N–H and O–H groups in total. The van der Waals surface area contributed by atoms with E-state index in [1.165, 1.54) is 18.2 Å². The zero-order valence-corrected chi connectivity index (χ0v) is 12.8. The number of hydrogen-bond acceptors (Lipinski definition) is 1. The first-order valence-corrected chi connectivity index (χ1v) is 7.48. The first-order chi connectivity index (χ1) is 10.9. The lowest BCUT2D eigenvalue weighted by atomic mass is 10.1. The minimum absolute atomic E-state index is 0.380. The molecule has 0 spiro atoms. The highest BCUT2D eigenvalue weighted by Crippen LogP contribution is 2.32. The van der Waals surface area contributed by atoms with E-state index < -0.39 is 17.6 Å². The summed E-state index contributed by atoms with van der Waals surface area (Å²) in [6.45, 7) is 2.10. The molecule has 2 aromatic carbocycles. The third-order valence-corrected chi connectivity index (χ3v) is 3.51. The van der Waals surface area contributed by atoms with E-state index in [0.717, 1.165) is 30.9 Å². The van der Waals surface area contributed by atoms with Crippen molar-refractivity contribution in [3.05, 3.63) is 65.2 Å². The van der Waals surface area contributed by atoms with E-state index in [1.807, 2.05) is 12.1 Å². The van der Waals surface area contributed by atoms with Crippen LogP contribution in [0.1, 0.15) is 41.3 Å². The van der Waals surface area contributed by atoms with Gasteiger partial charge in [0.2, 0.25) is 0 Å². The predicted octanol–water partition coefficient (Wildman–Crippen LogP) is 5.30. The molecule has 0 aliphatic rings. The lowest BCUT2D eigenvalue weighted by Crippen LogP contribution is -2.18. The van der Waals surface area contributed by atoms with Gasteiger partial charge in [0.05, 0.1) is 11.1 Å². The van der Waals surface area contributed by atoms with Crippen LogP contribution in [0.3, 0.4) is 0 Å². The Hall–Kier alpha value is -2.30. The van der Waals surface area contributed by atoms with Crippen LogP contribution in [-0.2, 0) is 12.6 Å². The summed E-state index contributed by atoms with van der Waals surface area (Å²) in [5, 5.41) is 2.52.